The third-order valence-corrected chi connectivity index (χ3v) is 3.02. The summed E-state index contributed by atoms with van der Waals surface area (Å²) in [6.07, 6.45) is -4.25. The van der Waals surface area contributed by atoms with E-state index in [1.54, 1.807) is 6.92 Å². The topological polar surface area (TPSA) is 59.2 Å². The fourth-order valence-electron chi connectivity index (χ4n) is 2.06. The molecule has 2 heterocycles. The number of aryl methyl sites for hydroxylation is 1. The maximum Gasteiger partial charge on any atom is 0.408 e. The zero-order valence-electron chi connectivity index (χ0n) is 9.70. The highest BCUT2D eigenvalue weighted by molar-refractivity contribution is 5.79. The lowest BCUT2D eigenvalue weighted by Crippen LogP contribution is -2.45. The van der Waals surface area contributed by atoms with Gasteiger partial charge in [-0.15, -0.1) is 0 Å². The van der Waals surface area contributed by atoms with Gasteiger partial charge in [-0.2, -0.15) is 13.2 Å². The van der Waals surface area contributed by atoms with Gasteiger partial charge < -0.3 is 4.90 Å². The Bertz CT molecular complexity index is 444. The average Bonchev–Trinajstić information content (AvgIpc) is 2.86. The maximum absolute atomic E-state index is 12.7. The zero-order valence-corrected chi connectivity index (χ0v) is 9.70. The number of carbonyl (C=O) groups excluding carboxylic acids is 1. The van der Waals surface area contributed by atoms with Crippen molar-refractivity contribution in [2.45, 2.75) is 38.4 Å². The van der Waals surface area contributed by atoms with Crippen LogP contribution in [0.15, 0.2) is 4.63 Å². The molecule has 0 aliphatic carbocycles. The summed E-state index contributed by atoms with van der Waals surface area (Å²) in [6.45, 7) is 1.72. The Morgan fingerprint density at radius 3 is 2.78 bits per heavy atom. The van der Waals surface area contributed by atoms with Crippen molar-refractivity contribution < 1.29 is 22.6 Å². The Balaban J connectivity index is 2.07. The van der Waals surface area contributed by atoms with Gasteiger partial charge in [0.2, 0.25) is 5.91 Å². The Morgan fingerprint density at radius 2 is 2.22 bits per heavy atom. The monoisotopic (exact) mass is 263 g/mol. The fraction of sp³-hybridized carbons (Fsp3) is 0.700. The van der Waals surface area contributed by atoms with Crippen LogP contribution in [0.1, 0.15) is 24.2 Å². The number of amides is 1. The molecule has 1 fully saturated rings. The van der Waals surface area contributed by atoms with E-state index in [-0.39, 0.29) is 25.1 Å². The number of alkyl halides is 3. The van der Waals surface area contributed by atoms with Gasteiger partial charge in [-0.1, -0.05) is 10.3 Å². The lowest BCUT2D eigenvalue weighted by atomic mass is 10.2. The van der Waals surface area contributed by atoms with Crippen LogP contribution in [0.25, 0.3) is 0 Å². The summed E-state index contributed by atoms with van der Waals surface area (Å²) >= 11 is 0. The second-order valence-electron chi connectivity index (χ2n) is 4.26. The first-order valence-electron chi connectivity index (χ1n) is 5.54. The molecule has 2 rings (SSSR count). The maximum atomic E-state index is 12.7. The van der Waals surface area contributed by atoms with Crippen molar-refractivity contribution in [2.24, 2.45) is 0 Å². The highest BCUT2D eigenvalue weighted by Gasteiger charge is 2.47. The van der Waals surface area contributed by atoms with Crippen LogP contribution >= 0.6 is 0 Å². The molecule has 0 unspecified atom stereocenters. The molecule has 1 aromatic heterocycles. The molecule has 1 amide bonds. The number of halogens is 3. The average molecular weight is 263 g/mol. The van der Waals surface area contributed by atoms with Gasteiger partial charge in [0.25, 0.3) is 0 Å². The van der Waals surface area contributed by atoms with Gasteiger partial charge in [0.05, 0.1) is 6.42 Å². The molecule has 0 bridgehead atoms. The third kappa shape index (κ3) is 2.46. The lowest BCUT2D eigenvalue weighted by molar-refractivity contribution is -0.182. The van der Waals surface area contributed by atoms with Crippen molar-refractivity contribution in [2.75, 3.05) is 6.54 Å². The van der Waals surface area contributed by atoms with E-state index in [0.717, 1.165) is 4.90 Å². The molecular weight excluding hydrogens is 251 g/mol. The van der Waals surface area contributed by atoms with Gasteiger partial charge in [0.15, 0.2) is 0 Å². The SMILES string of the molecule is Cc1nonc1CC(=O)N1CCC[C@H]1C(F)(F)F. The molecule has 8 heteroatoms. The lowest BCUT2D eigenvalue weighted by Gasteiger charge is -2.26. The summed E-state index contributed by atoms with van der Waals surface area (Å²) in [5.74, 6) is -0.589. The molecule has 0 radical (unpaired) electrons. The van der Waals surface area contributed by atoms with E-state index in [4.69, 9.17) is 0 Å². The van der Waals surface area contributed by atoms with Crippen molar-refractivity contribution in [1.82, 2.24) is 15.2 Å². The standard InChI is InChI=1S/C10H12F3N3O2/c1-6-7(15-18-14-6)5-9(17)16-4-2-3-8(16)10(11,12)13/h8H,2-5H2,1H3/t8-/m0/s1. The summed E-state index contributed by atoms with van der Waals surface area (Å²) in [4.78, 5) is 12.7. The minimum Gasteiger partial charge on any atom is -0.330 e. The number of rotatable bonds is 2. The van der Waals surface area contributed by atoms with Crippen molar-refractivity contribution in [3.05, 3.63) is 11.4 Å². The molecular formula is C10H12F3N3O2. The van der Waals surface area contributed by atoms with Gasteiger partial charge in [-0.05, 0) is 19.8 Å². The van der Waals surface area contributed by atoms with E-state index in [0.29, 0.717) is 12.1 Å². The number of likely N-dealkylation sites (tertiary alicyclic amines) is 1. The van der Waals surface area contributed by atoms with Gasteiger partial charge in [0, 0.05) is 6.54 Å². The van der Waals surface area contributed by atoms with E-state index in [2.05, 4.69) is 14.9 Å². The molecule has 0 N–H and O–H groups in total. The van der Waals surface area contributed by atoms with Crippen LogP contribution in [0.3, 0.4) is 0 Å². The molecule has 18 heavy (non-hydrogen) atoms. The Morgan fingerprint density at radius 1 is 1.50 bits per heavy atom. The van der Waals surface area contributed by atoms with Crippen molar-refractivity contribution in [3.8, 4) is 0 Å². The van der Waals surface area contributed by atoms with E-state index in [9.17, 15) is 18.0 Å². The molecule has 5 nitrogen and oxygen atoms in total. The van der Waals surface area contributed by atoms with Crippen molar-refractivity contribution in [1.29, 1.82) is 0 Å². The third-order valence-electron chi connectivity index (χ3n) is 3.02. The molecule has 0 spiro atoms. The second kappa shape index (κ2) is 4.58. The Labute approximate surface area is 101 Å². The molecule has 1 atom stereocenters. The normalized spacial score (nSPS) is 20.4. The summed E-state index contributed by atoms with van der Waals surface area (Å²) in [5.41, 5.74) is 0.707. The second-order valence-corrected chi connectivity index (χ2v) is 4.26. The quantitative estimate of drug-likeness (QED) is 0.810. The molecule has 0 saturated carbocycles. The van der Waals surface area contributed by atoms with Crippen LogP contribution in [0.2, 0.25) is 0 Å². The highest BCUT2D eigenvalue weighted by atomic mass is 19.4. The smallest absolute Gasteiger partial charge is 0.330 e. The fourth-order valence-corrected chi connectivity index (χ4v) is 2.06. The summed E-state index contributed by atoms with van der Waals surface area (Å²) < 4.78 is 42.5. The Kier molecular flexibility index (Phi) is 3.27. The van der Waals surface area contributed by atoms with E-state index in [1.165, 1.54) is 0 Å². The molecule has 1 aromatic rings. The van der Waals surface area contributed by atoms with E-state index < -0.39 is 18.1 Å². The molecule has 100 valence electrons. The number of aromatic nitrogens is 2. The van der Waals surface area contributed by atoms with Crippen LogP contribution in [-0.2, 0) is 11.2 Å². The first-order chi connectivity index (χ1) is 8.39. The predicted molar refractivity (Wildman–Crippen MR) is 53.5 cm³/mol. The van der Waals surface area contributed by atoms with Crippen LogP contribution in [0.4, 0.5) is 13.2 Å². The number of carbonyl (C=O) groups is 1. The number of hydrogen-bond donors (Lipinski definition) is 0. The van der Waals surface area contributed by atoms with Gasteiger partial charge >= 0.3 is 6.18 Å². The largest absolute Gasteiger partial charge is 0.408 e. The first kappa shape index (κ1) is 12.8. The summed E-state index contributed by atoms with van der Waals surface area (Å²) in [5, 5.41) is 6.98. The summed E-state index contributed by atoms with van der Waals surface area (Å²) in [6, 6.07) is -1.68. The minimum atomic E-state index is -4.37. The summed E-state index contributed by atoms with van der Waals surface area (Å²) in [7, 11) is 0. The van der Waals surface area contributed by atoms with Crippen LogP contribution < -0.4 is 0 Å². The number of hydrogen-bond acceptors (Lipinski definition) is 4. The highest BCUT2D eigenvalue weighted by Crippen LogP contribution is 2.32. The van der Waals surface area contributed by atoms with Gasteiger partial charge in [0.1, 0.15) is 17.4 Å². The van der Waals surface area contributed by atoms with Crippen LogP contribution in [0.5, 0.6) is 0 Å². The molecule has 1 saturated heterocycles. The zero-order chi connectivity index (χ0) is 13.3. The van der Waals surface area contributed by atoms with Crippen molar-refractivity contribution >= 4 is 5.91 Å². The van der Waals surface area contributed by atoms with E-state index in [1.807, 2.05) is 0 Å². The van der Waals surface area contributed by atoms with Gasteiger partial charge in [-0.3, -0.25) is 4.79 Å². The predicted octanol–water partition coefficient (Wildman–Crippen LogP) is 1.47. The molecule has 1 aliphatic rings. The van der Waals surface area contributed by atoms with Gasteiger partial charge in [-0.25, -0.2) is 4.63 Å². The molecule has 0 aromatic carbocycles. The molecule has 1 aliphatic heterocycles. The van der Waals surface area contributed by atoms with Crippen molar-refractivity contribution in [3.63, 3.8) is 0 Å². The van der Waals surface area contributed by atoms with E-state index >= 15 is 0 Å². The Hall–Kier alpha value is -1.60. The van der Waals surface area contributed by atoms with Crippen LogP contribution in [-0.4, -0.2) is 39.9 Å². The number of nitrogens with zero attached hydrogens (tertiary/aromatic N) is 3. The first-order valence-corrected chi connectivity index (χ1v) is 5.54. The van der Waals surface area contributed by atoms with Crippen LogP contribution in [0, 0.1) is 6.92 Å². The minimum absolute atomic E-state index is 0.0364.